The minimum Gasteiger partial charge on any atom is -0.868 e. The van der Waals surface area contributed by atoms with Gasteiger partial charge in [0.15, 0.2) is 0 Å². The molecule has 4 nitrogen and oxygen atoms in total. The number of benzene rings is 1. The molecule has 0 fully saturated rings. The Morgan fingerprint density at radius 1 is 1.27 bits per heavy atom. The van der Waals surface area contributed by atoms with E-state index >= 15 is 0 Å². The first-order valence-electron chi connectivity index (χ1n) is 2.62. The SMILES string of the molecule is O=[N+]([O-])c1ccccc1[O-].[Tl+]. The molecule has 0 saturated carbocycles. The van der Waals surface area contributed by atoms with E-state index in [9.17, 15) is 15.2 Å². The van der Waals surface area contributed by atoms with Crippen molar-refractivity contribution in [3.05, 3.63) is 34.4 Å². The average molecular weight is 342 g/mol. The Bertz CT molecular complexity index is 264. The first-order chi connectivity index (χ1) is 4.72. The third-order valence-electron chi connectivity index (χ3n) is 1.06. The summed E-state index contributed by atoms with van der Waals surface area (Å²) in [6.45, 7) is 0. The van der Waals surface area contributed by atoms with Crippen molar-refractivity contribution in [3.63, 3.8) is 0 Å². The van der Waals surface area contributed by atoms with E-state index in [1.165, 1.54) is 18.2 Å². The second kappa shape index (κ2) is 4.27. The standard InChI is InChI=1S/C6H5NO3.Tl/c8-6-4-2-1-3-5(6)7(9)10;/h1-4,8H;/q;+1/p-1. The molecule has 5 heteroatoms. The number of hydrogen-bond acceptors (Lipinski definition) is 3. The van der Waals surface area contributed by atoms with E-state index in [0.29, 0.717) is 0 Å². The van der Waals surface area contributed by atoms with E-state index in [1.54, 1.807) is 0 Å². The van der Waals surface area contributed by atoms with Crippen LogP contribution in [0.5, 0.6) is 5.75 Å². The number of hydrogen-bond donors (Lipinski definition) is 0. The van der Waals surface area contributed by atoms with E-state index in [-0.39, 0.29) is 33.0 Å². The second-order valence-corrected chi connectivity index (χ2v) is 1.72. The molecule has 54 valence electrons. The maximum atomic E-state index is 10.6. The quantitative estimate of drug-likeness (QED) is 0.418. The number of nitro groups is 1. The number of para-hydroxylation sites is 2. The zero-order valence-corrected chi connectivity index (χ0v) is 10.0. The minimum atomic E-state index is -0.692. The van der Waals surface area contributed by atoms with Crippen LogP contribution in [0.4, 0.5) is 5.69 Å². The molecule has 0 saturated heterocycles. The molecule has 1 aromatic rings. The van der Waals surface area contributed by atoms with Gasteiger partial charge in [-0.05, 0) is 5.75 Å². The van der Waals surface area contributed by atoms with Gasteiger partial charge in [-0.25, -0.2) is 0 Å². The summed E-state index contributed by atoms with van der Waals surface area (Å²) in [4.78, 5) is 9.34. The fourth-order valence-corrected chi connectivity index (χ4v) is 0.608. The van der Waals surface area contributed by atoms with Crippen LogP contribution in [0.15, 0.2) is 24.3 Å². The van der Waals surface area contributed by atoms with Gasteiger partial charge in [-0.3, -0.25) is 10.1 Å². The predicted octanol–water partition coefficient (Wildman–Crippen LogP) is 0.288. The Balaban J connectivity index is 0.000001000. The molecule has 11 heavy (non-hydrogen) atoms. The van der Waals surface area contributed by atoms with Crippen LogP contribution in [0.25, 0.3) is 0 Å². The normalized spacial score (nSPS) is 8.36. The van der Waals surface area contributed by atoms with Crippen molar-refractivity contribution in [3.8, 4) is 5.75 Å². The fraction of sp³-hybridized carbons (Fsp3) is 0. The summed E-state index contributed by atoms with van der Waals surface area (Å²) in [5, 5.41) is 20.6. The van der Waals surface area contributed by atoms with Gasteiger partial charge in [0.2, 0.25) is 0 Å². The van der Waals surface area contributed by atoms with Gasteiger partial charge in [-0.1, -0.05) is 18.2 Å². The number of nitro benzene ring substituents is 1. The van der Waals surface area contributed by atoms with E-state index in [1.807, 2.05) is 0 Å². The molecule has 0 aliphatic carbocycles. The van der Waals surface area contributed by atoms with E-state index in [4.69, 9.17) is 0 Å². The average Bonchev–Trinajstić information content (AvgIpc) is 1.88. The Kier molecular flexibility index (Phi) is 4.01. The molecule has 1 aromatic carbocycles. The van der Waals surface area contributed by atoms with Crippen LogP contribution in [0, 0.1) is 10.1 Å². The van der Waals surface area contributed by atoms with Crippen molar-refractivity contribution >= 4 is 33.0 Å². The van der Waals surface area contributed by atoms with Crippen LogP contribution < -0.4 is 5.11 Å². The van der Waals surface area contributed by atoms with Gasteiger partial charge in [-0.2, -0.15) is 0 Å². The topological polar surface area (TPSA) is 66.2 Å². The first-order valence-corrected chi connectivity index (χ1v) is 2.62. The van der Waals surface area contributed by atoms with Gasteiger partial charge < -0.3 is 5.11 Å². The van der Waals surface area contributed by atoms with Crippen molar-refractivity contribution in [1.82, 2.24) is 0 Å². The zero-order chi connectivity index (χ0) is 7.56. The fourth-order valence-electron chi connectivity index (χ4n) is 0.608. The molecule has 0 aliphatic rings. The van der Waals surface area contributed by atoms with Crippen LogP contribution in [0.1, 0.15) is 0 Å². The van der Waals surface area contributed by atoms with Crippen LogP contribution in [0.3, 0.4) is 0 Å². The van der Waals surface area contributed by atoms with Gasteiger partial charge in [0.05, 0.1) is 4.92 Å². The van der Waals surface area contributed by atoms with Gasteiger partial charge >= 0.3 is 27.3 Å². The summed E-state index contributed by atoms with van der Waals surface area (Å²) < 4.78 is 0. The van der Waals surface area contributed by atoms with Crippen molar-refractivity contribution in [2.45, 2.75) is 0 Å². The molecule has 0 amide bonds. The zero-order valence-electron chi connectivity index (χ0n) is 5.56. The number of rotatable bonds is 1. The van der Waals surface area contributed by atoms with Gasteiger partial charge in [0.1, 0.15) is 0 Å². The minimum absolute atomic E-state index is 0. The van der Waals surface area contributed by atoms with Crippen molar-refractivity contribution in [1.29, 1.82) is 0 Å². The van der Waals surface area contributed by atoms with Gasteiger partial charge in [0, 0.05) is 6.07 Å². The molecular weight excluding hydrogens is 338 g/mol. The van der Waals surface area contributed by atoms with E-state index < -0.39 is 10.7 Å². The number of nitrogens with zero attached hydrogens (tertiary/aromatic N) is 1. The summed E-state index contributed by atoms with van der Waals surface area (Å²) in [5.41, 5.74) is -0.373. The summed E-state index contributed by atoms with van der Waals surface area (Å²) >= 11 is 0. The largest absolute Gasteiger partial charge is 1.00 e. The second-order valence-electron chi connectivity index (χ2n) is 1.72. The molecule has 0 aliphatic heterocycles. The Morgan fingerprint density at radius 2 is 1.82 bits per heavy atom. The molecule has 0 aromatic heterocycles. The molecule has 0 N–H and O–H groups in total. The Hall–Kier alpha value is -0.658. The molecular formula is C6H4NO3Tl. The molecule has 1 rings (SSSR count). The molecule has 0 heterocycles. The predicted molar refractivity (Wildman–Crippen MR) is 38.3 cm³/mol. The summed E-state index contributed by atoms with van der Waals surface area (Å²) in [5.74, 6) is -0.549. The maximum absolute atomic E-state index is 10.6. The maximum Gasteiger partial charge on any atom is 1.00 e. The van der Waals surface area contributed by atoms with Crippen LogP contribution in [0.2, 0.25) is 0 Å². The van der Waals surface area contributed by atoms with E-state index in [0.717, 1.165) is 6.07 Å². The summed E-state index contributed by atoms with van der Waals surface area (Å²) in [7, 11) is 0. The van der Waals surface area contributed by atoms with Crippen LogP contribution in [-0.4, -0.2) is 32.2 Å². The third-order valence-corrected chi connectivity index (χ3v) is 1.06. The van der Waals surface area contributed by atoms with Gasteiger partial charge in [-0.15, -0.1) is 0 Å². The summed E-state index contributed by atoms with van der Waals surface area (Å²) in [6.07, 6.45) is 0. The molecule has 0 bridgehead atoms. The summed E-state index contributed by atoms with van der Waals surface area (Å²) in [6, 6.07) is 5.27. The van der Waals surface area contributed by atoms with Crippen molar-refractivity contribution in [2.24, 2.45) is 0 Å². The third kappa shape index (κ3) is 2.45. The van der Waals surface area contributed by atoms with Crippen molar-refractivity contribution < 1.29 is 10.0 Å². The van der Waals surface area contributed by atoms with Gasteiger partial charge in [0.25, 0.3) is 5.69 Å². The molecule has 0 unspecified atom stereocenters. The smallest absolute Gasteiger partial charge is 0.868 e. The Labute approximate surface area is 83.2 Å². The van der Waals surface area contributed by atoms with Crippen LogP contribution >= 0.6 is 0 Å². The van der Waals surface area contributed by atoms with Crippen molar-refractivity contribution in [2.75, 3.05) is 0 Å². The van der Waals surface area contributed by atoms with Crippen LogP contribution in [-0.2, 0) is 0 Å². The first kappa shape index (κ1) is 10.3. The molecule has 0 radical (unpaired) electrons. The molecule has 0 atom stereocenters. The molecule has 0 spiro atoms. The monoisotopic (exact) mass is 343 g/mol. The van der Waals surface area contributed by atoms with E-state index in [2.05, 4.69) is 0 Å². The Morgan fingerprint density at radius 3 is 2.18 bits per heavy atom.